The predicted molar refractivity (Wildman–Crippen MR) is 84.8 cm³/mol. The summed E-state index contributed by atoms with van der Waals surface area (Å²) >= 11 is 0. The van der Waals surface area contributed by atoms with Crippen molar-refractivity contribution in [2.24, 2.45) is 0 Å². The van der Waals surface area contributed by atoms with E-state index >= 15 is 0 Å². The topological polar surface area (TPSA) is 110 Å². The van der Waals surface area contributed by atoms with Gasteiger partial charge in [-0.15, -0.1) is 0 Å². The molecule has 2 aromatic heterocycles. The van der Waals surface area contributed by atoms with Gasteiger partial charge in [-0.25, -0.2) is 0 Å². The number of H-pyrrole nitrogens is 1. The van der Waals surface area contributed by atoms with Gasteiger partial charge in [0.25, 0.3) is 17.4 Å². The molecule has 4 rings (SSSR count). The van der Waals surface area contributed by atoms with Crippen molar-refractivity contribution in [2.45, 2.75) is 6.92 Å². The molecule has 114 valence electrons. The van der Waals surface area contributed by atoms with Crippen LogP contribution in [0.5, 0.6) is 0 Å². The van der Waals surface area contributed by atoms with E-state index in [1.54, 1.807) is 6.07 Å². The van der Waals surface area contributed by atoms with Gasteiger partial charge in [0.05, 0.1) is 22.3 Å². The smallest absolute Gasteiger partial charge is 0.262 e. The molecule has 0 fully saturated rings. The Labute approximate surface area is 129 Å². The second kappa shape index (κ2) is 4.33. The van der Waals surface area contributed by atoms with Crippen molar-refractivity contribution >= 4 is 28.5 Å². The predicted octanol–water partition coefficient (Wildman–Crippen LogP) is 1.09. The maximum Gasteiger partial charge on any atom is 0.262 e. The average Bonchev–Trinajstić information content (AvgIpc) is 3.01. The van der Waals surface area contributed by atoms with Gasteiger partial charge < -0.3 is 10.7 Å². The number of hydrogen-bond acceptors (Lipinski definition) is 4. The van der Waals surface area contributed by atoms with E-state index in [4.69, 9.17) is 5.73 Å². The number of rotatable bonds is 1. The first kappa shape index (κ1) is 13.3. The van der Waals surface area contributed by atoms with Crippen LogP contribution in [-0.2, 0) is 0 Å². The van der Waals surface area contributed by atoms with Crippen molar-refractivity contribution in [3.8, 4) is 5.69 Å². The molecule has 7 heteroatoms. The van der Waals surface area contributed by atoms with E-state index < -0.39 is 17.4 Å². The number of benzene rings is 1. The summed E-state index contributed by atoms with van der Waals surface area (Å²) in [5, 5.41) is 3.11. The van der Waals surface area contributed by atoms with E-state index in [0.717, 1.165) is 22.5 Å². The number of fused-ring (bicyclic) bond motifs is 2. The Hall–Kier alpha value is -3.35. The molecule has 7 nitrogen and oxygen atoms in total. The third-order valence-corrected chi connectivity index (χ3v) is 4.09. The lowest BCUT2D eigenvalue weighted by molar-refractivity contribution is 0.0880. The van der Waals surface area contributed by atoms with Crippen LogP contribution in [0, 0.1) is 6.92 Å². The molecule has 4 N–H and O–H groups in total. The van der Waals surface area contributed by atoms with Gasteiger partial charge in [-0.2, -0.15) is 0 Å². The Morgan fingerprint density at radius 1 is 1.13 bits per heavy atom. The third kappa shape index (κ3) is 1.67. The van der Waals surface area contributed by atoms with Crippen LogP contribution in [0.15, 0.2) is 35.3 Å². The van der Waals surface area contributed by atoms with Crippen LogP contribution >= 0.6 is 0 Å². The number of aryl methyl sites for hydroxylation is 1. The second-order valence-corrected chi connectivity index (χ2v) is 5.45. The molecule has 2 amide bonds. The molecular weight excluding hydrogens is 296 g/mol. The molecule has 3 aromatic rings. The Morgan fingerprint density at radius 3 is 2.70 bits per heavy atom. The van der Waals surface area contributed by atoms with Crippen molar-refractivity contribution in [2.75, 3.05) is 5.73 Å². The molecule has 1 aromatic carbocycles. The molecule has 0 bridgehead atoms. The number of carbonyl (C=O) groups excluding carboxylic acids is 2. The number of nitrogens with zero attached hydrogens (tertiary/aromatic N) is 1. The first-order valence-electron chi connectivity index (χ1n) is 6.97. The minimum atomic E-state index is -0.602. The Morgan fingerprint density at radius 2 is 1.91 bits per heavy atom. The van der Waals surface area contributed by atoms with E-state index in [2.05, 4.69) is 10.3 Å². The summed E-state index contributed by atoms with van der Waals surface area (Å²) < 4.78 is 1.25. The number of para-hydroxylation sites is 1. The molecule has 1 aliphatic heterocycles. The van der Waals surface area contributed by atoms with Crippen molar-refractivity contribution in [3.05, 3.63) is 57.5 Å². The quantitative estimate of drug-likeness (QED) is 0.584. The van der Waals surface area contributed by atoms with Crippen molar-refractivity contribution in [1.82, 2.24) is 14.9 Å². The number of anilines is 1. The molecule has 23 heavy (non-hydrogen) atoms. The fourth-order valence-corrected chi connectivity index (χ4v) is 2.99. The van der Waals surface area contributed by atoms with Gasteiger partial charge >= 0.3 is 0 Å². The molecule has 0 saturated heterocycles. The summed E-state index contributed by atoms with van der Waals surface area (Å²) in [7, 11) is 0. The van der Waals surface area contributed by atoms with Gasteiger partial charge in [-0.1, -0.05) is 12.1 Å². The van der Waals surface area contributed by atoms with Crippen LogP contribution in [0.25, 0.3) is 16.6 Å². The lowest BCUT2D eigenvalue weighted by Crippen LogP contribution is -2.24. The minimum Gasteiger partial charge on any atom is -0.384 e. The number of imide groups is 1. The van der Waals surface area contributed by atoms with Crippen LogP contribution in [-0.4, -0.2) is 21.4 Å². The van der Waals surface area contributed by atoms with Crippen LogP contribution in [0.2, 0.25) is 0 Å². The molecular formula is C16H12N4O3. The summed E-state index contributed by atoms with van der Waals surface area (Å²) in [5.41, 5.74) is 7.95. The number of nitrogens with one attached hydrogen (secondary N) is 2. The zero-order valence-electron chi connectivity index (χ0n) is 12.1. The first-order valence-corrected chi connectivity index (χ1v) is 6.97. The SMILES string of the molecule is Cc1c[nH]c2c(-n3c(N)c4c(cc3=O)C(=O)NC4=O)cccc12. The summed E-state index contributed by atoms with van der Waals surface area (Å²) in [4.78, 5) is 39.2. The van der Waals surface area contributed by atoms with Gasteiger partial charge in [0.15, 0.2) is 0 Å². The Balaban J connectivity index is 2.11. The third-order valence-electron chi connectivity index (χ3n) is 4.09. The summed E-state index contributed by atoms with van der Waals surface area (Å²) in [6.07, 6.45) is 1.83. The summed E-state index contributed by atoms with van der Waals surface area (Å²) in [6, 6.07) is 6.61. The van der Waals surface area contributed by atoms with Gasteiger partial charge in [-0.3, -0.25) is 24.3 Å². The number of aromatic nitrogens is 2. The number of nitrogens with two attached hydrogens (primary N) is 1. The van der Waals surface area contributed by atoms with Gasteiger partial charge in [0, 0.05) is 17.6 Å². The lowest BCUT2D eigenvalue weighted by Gasteiger charge is -2.12. The average molecular weight is 308 g/mol. The van der Waals surface area contributed by atoms with Crippen LogP contribution in [0.1, 0.15) is 26.3 Å². The normalized spacial score (nSPS) is 13.4. The van der Waals surface area contributed by atoms with Crippen molar-refractivity contribution in [3.63, 3.8) is 0 Å². The zero-order valence-corrected chi connectivity index (χ0v) is 12.1. The summed E-state index contributed by atoms with van der Waals surface area (Å²) in [6.45, 7) is 1.95. The molecule has 1 aliphatic rings. The molecule has 0 aliphatic carbocycles. The number of nitrogen functional groups attached to an aromatic ring is 1. The standard InChI is InChI=1S/C16H12N4O3/c1-7-6-18-13-8(7)3-2-4-10(13)20-11(21)5-9-12(14(20)17)16(23)19-15(9)22/h2-6,18H,17H2,1H3,(H,19,22,23). The van der Waals surface area contributed by atoms with Crippen molar-refractivity contribution in [1.29, 1.82) is 0 Å². The molecule has 0 atom stereocenters. The van der Waals surface area contributed by atoms with Crippen LogP contribution < -0.4 is 16.6 Å². The fraction of sp³-hybridized carbons (Fsp3) is 0.0625. The highest BCUT2D eigenvalue weighted by Gasteiger charge is 2.32. The van der Waals surface area contributed by atoms with Crippen molar-refractivity contribution < 1.29 is 9.59 Å². The van der Waals surface area contributed by atoms with E-state index in [0.29, 0.717) is 5.69 Å². The fourth-order valence-electron chi connectivity index (χ4n) is 2.99. The molecule has 0 saturated carbocycles. The first-order chi connectivity index (χ1) is 11.0. The van der Waals surface area contributed by atoms with E-state index in [9.17, 15) is 14.4 Å². The molecule has 0 unspecified atom stereocenters. The van der Waals surface area contributed by atoms with E-state index in [1.807, 2.05) is 25.3 Å². The highest BCUT2D eigenvalue weighted by atomic mass is 16.2. The zero-order chi connectivity index (χ0) is 16.3. The van der Waals surface area contributed by atoms with E-state index in [1.165, 1.54) is 4.57 Å². The minimum absolute atomic E-state index is 0.0172. The molecule has 0 radical (unpaired) electrons. The monoisotopic (exact) mass is 308 g/mol. The van der Waals surface area contributed by atoms with Crippen LogP contribution in [0.3, 0.4) is 0 Å². The maximum atomic E-state index is 12.5. The Bertz CT molecular complexity index is 1070. The number of amides is 2. The highest BCUT2D eigenvalue weighted by molar-refractivity contribution is 6.23. The number of carbonyl (C=O) groups is 2. The second-order valence-electron chi connectivity index (χ2n) is 5.45. The van der Waals surface area contributed by atoms with E-state index in [-0.39, 0.29) is 16.9 Å². The highest BCUT2D eigenvalue weighted by Crippen LogP contribution is 2.27. The molecule has 3 heterocycles. The largest absolute Gasteiger partial charge is 0.384 e. The molecule has 0 spiro atoms. The van der Waals surface area contributed by atoms with Gasteiger partial charge in [0.2, 0.25) is 0 Å². The Kier molecular flexibility index (Phi) is 2.51. The van der Waals surface area contributed by atoms with Gasteiger partial charge in [-0.05, 0) is 18.6 Å². The maximum absolute atomic E-state index is 12.5. The number of aromatic amines is 1. The number of hydrogen-bond donors (Lipinski definition) is 3. The lowest BCUT2D eigenvalue weighted by atomic mass is 10.1. The van der Waals surface area contributed by atoms with Gasteiger partial charge in [0.1, 0.15) is 5.82 Å². The van der Waals surface area contributed by atoms with Crippen LogP contribution in [0.4, 0.5) is 5.82 Å². The number of pyridine rings is 1. The summed E-state index contributed by atoms with van der Waals surface area (Å²) in [5.74, 6) is -1.24.